The van der Waals surface area contributed by atoms with E-state index in [9.17, 15) is 4.79 Å². The Kier molecular flexibility index (Phi) is 5.84. The highest BCUT2D eigenvalue weighted by atomic mass is 35.5. The fourth-order valence-corrected chi connectivity index (χ4v) is 2.45. The second-order valence-electron chi connectivity index (χ2n) is 4.44. The number of benzene rings is 2. The molecule has 0 spiro atoms. The third-order valence-corrected chi connectivity index (χ3v) is 3.46. The number of carbonyl (C=O) groups is 1. The number of nitrogens with zero attached hydrogens (tertiary/aromatic N) is 1. The summed E-state index contributed by atoms with van der Waals surface area (Å²) in [5.74, 6) is 0.748. The summed E-state index contributed by atoms with van der Waals surface area (Å²) in [6, 6.07) is 9.86. The second kappa shape index (κ2) is 7.85. The van der Waals surface area contributed by atoms with Gasteiger partial charge in [-0.05, 0) is 36.4 Å². The van der Waals surface area contributed by atoms with Gasteiger partial charge in [0, 0.05) is 16.1 Å². The second-order valence-corrected chi connectivity index (χ2v) is 5.28. The van der Waals surface area contributed by atoms with Gasteiger partial charge in [-0.1, -0.05) is 23.2 Å². The minimum absolute atomic E-state index is 0.351. The number of ether oxygens (including phenoxy) is 2. The van der Waals surface area contributed by atoms with Crippen LogP contribution in [0.2, 0.25) is 10.0 Å². The van der Waals surface area contributed by atoms with Crippen molar-refractivity contribution in [1.29, 1.82) is 0 Å². The average Bonchev–Trinajstić information content (AvgIpc) is 2.54. The zero-order chi connectivity index (χ0) is 16.8. The molecule has 0 bridgehead atoms. The lowest BCUT2D eigenvalue weighted by atomic mass is 10.2. The molecule has 5 nitrogen and oxygen atoms in total. The van der Waals surface area contributed by atoms with Gasteiger partial charge in [-0.25, -0.2) is 5.43 Å². The van der Waals surface area contributed by atoms with Crippen molar-refractivity contribution in [3.05, 3.63) is 57.6 Å². The Morgan fingerprint density at radius 2 is 1.83 bits per heavy atom. The van der Waals surface area contributed by atoms with Crippen LogP contribution in [0.5, 0.6) is 11.5 Å². The summed E-state index contributed by atoms with van der Waals surface area (Å²) >= 11 is 12.0. The molecule has 120 valence electrons. The maximum absolute atomic E-state index is 12.0. The van der Waals surface area contributed by atoms with Gasteiger partial charge in [0.2, 0.25) is 0 Å². The Morgan fingerprint density at radius 1 is 1.13 bits per heavy atom. The molecule has 0 unspecified atom stereocenters. The van der Waals surface area contributed by atoms with E-state index in [2.05, 4.69) is 10.5 Å². The first-order chi connectivity index (χ1) is 11.0. The van der Waals surface area contributed by atoms with Gasteiger partial charge in [0.25, 0.3) is 5.91 Å². The molecule has 1 amide bonds. The molecule has 0 aromatic heterocycles. The van der Waals surface area contributed by atoms with Crippen LogP contribution in [0.25, 0.3) is 0 Å². The number of rotatable bonds is 5. The maximum atomic E-state index is 12.0. The predicted octanol–water partition coefficient (Wildman–Crippen LogP) is 3.77. The Hall–Kier alpha value is -2.24. The normalized spacial score (nSPS) is 10.6. The van der Waals surface area contributed by atoms with Gasteiger partial charge in [-0.15, -0.1) is 0 Å². The van der Waals surface area contributed by atoms with Gasteiger partial charge in [0.05, 0.1) is 25.5 Å². The van der Waals surface area contributed by atoms with E-state index in [0.29, 0.717) is 32.7 Å². The fourth-order valence-electron chi connectivity index (χ4n) is 1.86. The van der Waals surface area contributed by atoms with Crippen molar-refractivity contribution < 1.29 is 14.3 Å². The summed E-state index contributed by atoms with van der Waals surface area (Å²) < 4.78 is 10.2. The van der Waals surface area contributed by atoms with Gasteiger partial charge >= 0.3 is 0 Å². The number of halogens is 2. The van der Waals surface area contributed by atoms with Crippen LogP contribution in [0, 0.1) is 0 Å². The van der Waals surface area contributed by atoms with Crippen molar-refractivity contribution in [2.75, 3.05) is 14.2 Å². The van der Waals surface area contributed by atoms with Crippen LogP contribution in [0.1, 0.15) is 15.9 Å². The smallest absolute Gasteiger partial charge is 0.271 e. The highest BCUT2D eigenvalue weighted by molar-refractivity contribution is 6.36. The van der Waals surface area contributed by atoms with E-state index in [-0.39, 0.29) is 5.91 Å². The standard InChI is InChI=1S/C16H14Cl2N2O3/c1-22-13-5-3-10(4-6-13)16(21)20-19-9-11-7-12(17)8-14(18)15(11)23-2/h3-9H,1-2H3,(H,20,21). The van der Waals surface area contributed by atoms with Crippen molar-refractivity contribution in [2.24, 2.45) is 5.10 Å². The molecule has 0 saturated carbocycles. The Balaban J connectivity index is 2.10. The van der Waals surface area contributed by atoms with Gasteiger partial charge in [-0.2, -0.15) is 5.10 Å². The van der Waals surface area contributed by atoms with Crippen LogP contribution in [-0.2, 0) is 0 Å². The van der Waals surface area contributed by atoms with Crippen LogP contribution in [0.4, 0.5) is 0 Å². The Labute approximate surface area is 143 Å². The number of carbonyl (C=O) groups excluding carboxylic acids is 1. The topological polar surface area (TPSA) is 59.9 Å². The molecule has 0 atom stereocenters. The summed E-state index contributed by atoms with van der Waals surface area (Å²) in [4.78, 5) is 12.0. The van der Waals surface area contributed by atoms with Crippen LogP contribution >= 0.6 is 23.2 Å². The summed E-state index contributed by atoms with van der Waals surface area (Å²) in [5.41, 5.74) is 3.44. The largest absolute Gasteiger partial charge is 0.497 e. The van der Waals surface area contributed by atoms with E-state index in [1.54, 1.807) is 43.5 Å². The summed E-state index contributed by atoms with van der Waals surface area (Å²) in [5, 5.41) is 4.71. The maximum Gasteiger partial charge on any atom is 0.271 e. The van der Waals surface area contributed by atoms with Crippen molar-refractivity contribution >= 4 is 35.3 Å². The van der Waals surface area contributed by atoms with Crippen molar-refractivity contribution in [3.8, 4) is 11.5 Å². The van der Waals surface area contributed by atoms with Gasteiger partial charge in [-0.3, -0.25) is 4.79 Å². The monoisotopic (exact) mass is 352 g/mol. The molecular formula is C16H14Cl2N2O3. The number of hydrogen-bond acceptors (Lipinski definition) is 4. The summed E-state index contributed by atoms with van der Waals surface area (Å²) in [7, 11) is 3.05. The van der Waals surface area contributed by atoms with Gasteiger partial charge < -0.3 is 9.47 Å². The third kappa shape index (κ3) is 4.37. The van der Waals surface area contributed by atoms with E-state index in [0.717, 1.165) is 0 Å². The molecule has 0 saturated heterocycles. The predicted molar refractivity (Wildman–Crippen MR) is 91.1 cm³/mol. The van der Waals surface area contributed by atoms with Gasteiger partial charge in [0.1, 0.15) is 11.5 Å². The minimum Gasteiger partial charge on any atom is -0.497 e. The first-order valence-electron chi connectivity index (χ1n) is 6.55. The molecule has 0 heterocycles. The van der Waals surface area contributed by atoms with Crippen molar-refractivity contribution in [2.45, 2.75) is 0 Å². The zero-order valence-electron chi connectivity index (χ0n) is 12.5. The van der Waals surface area contributed by atoms with Crippen molar-refractivity contribution in [1.82, 2.24) is 5.43 Å². The van der Waals surface area contributed by atoms with E-state index in [4.69, 9.17) is 32.7 Å². The number of nitrogens with one attached hydrogen (secondary N) is 1. The molecule has 0 fully saturated rings. The van der Waals surface area contributed by atoms with Crippen LogP contribution in [0.3, 0.4) is 0 Å². The molecular weight excluding hydrogens is 339 g/mol. The van der Waals surface area contributed by atoms with E-state index in [1.165, 1.54) is 13.3 Å². The molecule has 7 heteroatoms. The quantitative estimate of drug-likeness (QED) is 0.658. The highest BCUT2D eigenvalue weighted by Gasteiger charge is 2.08. The first kappa shape index (κ1) is 17.1. The van der Waals surface area contributed by atoms with E-state index < -0.39 is 0 Å². The first-order valence-corrected chi connectivity index (χ1v) is 7.31. The van der Waals surface area contributed by atoms with Crippen LogP contribution < -0.4 is 14.9 Å². The molecule has 23 heavy (non-hydrogen) atoms. The third-order valence-electron chi connectivity index (χ3n) is 2.96. The average molecular weight is 353 g/mol. The lowest BCUT2D eigenvalue weighted by Gasteiger charge is -2.07. The molecule has 0 aliphatic carbocycles. The summed E-state index contributed by atoms with van der Waals surface area (Å²) in [6.07, 6.45) is 1.41. The summed E-state index contributed by atoms with van der Waals surface area (Å²) in [6.45, 7) is 0. The van der Waals surface area contributed by atoms with Crippen LogP contribution in [0.15, 0.2) is 41.5 Å². The lowest BCUT2D eigenvalue weighted by Crippen LogP contribution is -2.17. The van der Waals surface area contributed by atoms with E-state index >= 15 is 0 Å². The van der Waals surface area contributed by atoms with E-state index in [1.807, 2.05) is 0 Å². The number of methoxy groups -OCH3 is 2. The lowest BCUT2D eigenvalue weighted by molar-refractivity contribution is 0.0955. The molecule has 2 aromatic carbocycles. The molecule has 2 aromatic rings. The van der Waals surface area contributed by atoms with Crippen LogP contribution in [-0.4, -0.2) is 26.3 Å². The fraction of sp³-hybridized carbons (Fsp3) is 0.125. The molecule has 0 aliphatic heterocycles. The number of hydrogen-bond donors (Lipinski definition) is 1. The molecule has 1 N–H and O–H groups in total. The SMILES string of the molecule is COc1ccc(C(=O)NN=Cc2cc(Cl)cc(Cl)c2OC)cc1. The number of hydrazone groups is 1. The Morgan fingerprint density at radius 3 is 2.43 bits per heavy atom. The van der Waals surface area contributed by atoms with Crippen molar-refractivity contribution in [3.63, 3.8) is 0 Å². The molecule has 0 aliphatic rings. The van der Waals surface area contributed by atoms with Gasteiger partial charge in [0.15, 0.2) is 0 Å². The molecule has 2 rings (SSSR count). The molecule has 0 radical (unpaired) electrons. The number of amides is 1. The Bertz CT molecular complexity index is 731. The minimum atomic E-state index is -0.351. The zero-order valence-corrected chi connectivity index (χ0v) is 14.0. The highest BCUT2D eigenvalue weighted by Crippen LogP contribution is 2.31.